The molecule has 0 radical (unpaired) electrons. The van der Waals surface area contributed by atoms with Gasteiger partial charge in [-0.1, -0.05) is 46.3 Å². The molecule has 3 heterocycles. The Hall–Kier alpha value is -1.97. The second-order valence-corrected chi connectivity index (χ2v) is 10.5. The number of alkyl halides is 1. The normalized spacial score (nSPS) is 34.0. The topological polar surface area (TPSA) is 108 Å². The summed E-state index contributed by atoms with van der Waals surface area (Å²) < 4.78 is 6.38. The van der Waals surface area contributed by atoms with Gasteiger partial charge in [-0.15, -0.1) is 0 Å². The molecule has 3 fully saturated rings. The number of ether oxygens (including phenoxy) is 1. The van der Waals surface area contributed by atoms with E-state index in [1.165, 1.54) is 4.90 Å². The number of aliphatic hydroxyl groups is 1. The van der Waals surface area contributed by atoms with Crippen LogP contribution in [0, 0.1) is 11.8 Å². The molecule has 3 aliphatic rings. The fourth-order valence-electron chi connectivity index (χ4n) is 5.50. The van der Waals surface area contributed by atoms with E-state index in [0.717, 1.165) is 5.56 Å². The van der Waals surface area contributed by atoms with Crippen molar-refractivity contribution in [1.29, 1.82) is 0 Å². The van der Waals surface area contributed by atoms with Crippen molar-refractivity contribution < 1.29 is 24.2 Å². The Kier molecular flexibility index (Phi) is 6.35. The zero-order valence-electron chi connectivity index (χ0n) is 18.5. The van der Waals surface area contributed by atoms with Gasteiger partial charge in [0.15, 0.2) is 0 Å². The average Bonchev–Trinajstić information content (AvgIpc) is 3.35. The van der Waals surface area contributed by atoms with E-state index in [9.17, 15) is 19.5 Å². The summed E-state index contributed by atoms with van der Waals surface area (Å²) in [6.45, 7) is 5.46. The molecule has 2 bridgehead atoms. The summed E-state index contributed by atoms with van der Waals surface area (Å²) in [5.74, 6) is -2.37. The molecule has 0 aliphatic carbocycles. The molecule has 0 aromatic heterocycles. The molecule has 8 nitrogen and oxygen atoms in total. The number of amides is 3. The number of likely N-dealkylation sites (tertiary alicyclic amines) is 1. The van der Waals surface area contributed by atoms with Crippen molar-refractivity contribution in [3.63, 3.8) is 0 Å². The van der Waals surface area contributed by atoms with Gasteiger partial charge in [0.05, 0.1) is 30.6 Å². The van der Waals surface area contributed by atoms with Crippen LogP contribution in [0.4, 0.5) is 0 Å². The standard InChI is InChI=1S/C23H30BrN3O5/c1-12(2)26-21(30)19-23-9-15(24)18(32-23)16(17(23)22(31)27(19)13(3)11-28)20(29)25-10-14-7-5-4-6-8-14/h4-8,12-13,15-19,28H,9-11H2,1-3H3,(H,25,29)(H,26,30)/t13-,15?,16+,17+,18+,19?,23?/m1/s1. The van der Waals surface area contributed by atoms with E-state index in [4.69, 9.17) is 4.74 Å². The molecule has 1 aromatic carbocycles. The van der Waals surface area contributed by atoms with E-state index in [1.807, 2.05) is 44.2 Å². The third kappa shape index (κ3) is 3.64. The number of halogens is 1. The van der Waals surface area contributed by atoms with Gasteiger partial charge in [0.2, 0.25) is 17.7 Å². The quantitative estimate of drug-likeness (QED) is 0.476. The molecule has 3 saturated heterocycles. The SMILES string of the molecule is CC(C)NC(=O)C1N([C@H](C)CO)C(=O)[C@@H]2[C@H](C(=O)NCc3ccccc3)[C@H]3OC12CC3Br. The number of rotatable bonds is 7. The van der Waals surface area contributed by atoms with Gasteiger partial charge in [0.1, 0.15) is 11.6 Å². The lowest BCUT2D eigenvalue weighted by Gasteiger charge is -2.36. The van der Waals surface area contributed by atoms with Crippen molar-refractivity contribution in [2.45, 2.75) is 68.4 Å². The summed E-state index contributed by atoms with van der Waals surface area (Å²) in [6.07, 6.45) is -0.0536. The summed E-state index contributed by atoms with van der Waals surface area (Å²) in [5, 5.41) is 15.7. The maximum absolute atomic E-state index is 13.6. The second kappa shape index (κ2) is 8.76. The van der Waals surface area contributed by atoms with Crippen LogP contribution in [0.15, 0.2) is 30.3 Å². The van der Waals surface area contributed by atoms with E-state index in [2.05, 4.69) is 26.6 Å². The molecule has 32 heavy (non-hydrogen) atoms. The third-order valence-corrected chi connectivity index (χ3v) is 7.60. The first-order valence-corrected chi connectivity index (χ1v) is 12.0. The van der Waals surface area contributed by atoms with Gasteiger partial charge in [-0.25, -0.2) is 0 Å². The lowest BCUT2D eigenvalue weighted by Crippen LogP contribution is -2.58. The largest absolute Gasteiger partial charge is 0.394 e. The molecule has 7 atom stereocenters. The van der Waals surface area contributed by atoms with E-state index >= 15 is 0 Å². The van der Waals surface area contributed by atoms with Gasteiger partial charge in [-0.2, -0.15) is 0 Å². The molecule has 9 heteroatoms. The van der Waals surface area contributed by atoms with Gasteiger partial charge in [0.25, 0.3) is 0 Å². The van der Waals surface area contributed by atoms with Crippen LogP contribution in [0.5, 0.6) is 0 Å². The van der Waals surface area contributed by atoms with Crippen molar-refractivity contribution in [2.24, 2.45) is 11.8 Å². The maximum atomic E-state index is 13.6. The number of benzene rings is 1. The highest BCUT2D eigenvalue weighted by atomic mass is 79.9. The highest BCUT2D eigenvalue weighted by molar-refractivity contribution is 9.09. The van der Waals surface area contributed by atoms with Crippen LogP contribution in [-0.4, -0.2) is 69.0 Å². The Morgan fingerprint density at radius 1 is 1.25 bits per heavy atom. The molecule has 4 rings (SSSR count). The van der Waals surface area contributed by atoms with E-state index in [1.54, 1.807) is 6.92 Å². The number of nitrogens with zero attached hydrogens (tertiary/aromatic N) is 1. The molecule has 0 saturated carbocycles. The second-order valence-electron chi connectivity index (χ2n) is 9.31. The Morgan fingerprint density at radius 2 is 1.94 bits per heavy atom. The van der Waals surface area contributed by atoms with E-state index < -0.39 is 35.6 Å². The van der Waals surface area contributed by atoms with Crippen molar-refractivity contribution in [2.75, 3.05) is 6.61 Å². The molecule has 3 unspecified atom stereocenters. The van der Waals surface area contributed by atoms with Gasteiger partial charge in [-0.3, -0.25) is 14.4 Å². The summed E-state index contributed by atoms with van der Waals surface area (Å²) in [6, 6.07) is 7.95. The fourth-order valence-corrected chi connectivity index (χ4v) is 6.44. The van der Waals surface area contributed by atoms with Crippen LogP contribution < -0.4 is 10.6 Å². The molecule has 3 N–H and O–H groups in total. The minimum atomic E-state index is -1.10. The lowest BCUT2D eigenvalue weighted by molar-refractivity contribution is -0.145. The molecular weight excluding hydrogens is 478 g/mol. The summed E-state index contributed by atoms with van der Waals surface area (Å²) in [7, 11) is 0. The summed E-state index contributed by atoms with van der Waals surface area (Å²) in [4.78, 5) is 41.5. The highest BCUT2D eigenvalue weighted by Gasteiger charge is 2.76. The first kappa shape index (κ1) is 23.2. The first-order valence-electron chi connectivity index (χ1n) is 11.1. The van der Waals surface area contributed by atoms with Crippen molar-refractivity contribution >= 4 is 33.7 Å². The monoisotopic (exact) mass is 507 g/mol. The summed E-state index contributed by atoms with van der Waals surface area (Å²) in [5.41, 5.74) is -0.148. The minimum absolute atomic E-state index is 0.123. The Balaban J connectivity index is 1.66. The van der Waals surface area contributed by atoms with Gasteiger partial charge in [0, 0.05) is 17.4 Å². The number of aliphatic hydroxyl groups excluding tert-OH is 1. The highest BCUT2D eigenvalue weighted by Crippen LogP contribution is 2.60. The van der Waals surface area contributed by atoms with Gasteiger partial charge in [-0.05, 0) is 32.8 Å². The van der Waals surface area contributed by atoms with Crippen LogP contribution >= 0.6 is 15.9 Å². The number of carbonyl (C=O) groups is 3. The van der Waals surface area contributed by atoms with Gasteiger partial charge >= 0.3 is 0 Å². The third-order valence-electron chi connectivity index (χ3n) is 6.76. The molecule has 3 amide bonds. The van der Waals surface area contributed by atoms with Crippen molar-refractivity contribution in [1.82, 2.24) is 15.5 Å². The molecule has 3 aliphatic heterocycles. The van der Waals surface area contributed by atoms with E-state index in [-0.39, 0.29) is 35.2 Å². The van der Waals surface area contributed by atoms with E-state index in [0.29, 0.717) is 13.0 Å². The number of nitrogens with one attached hydrogen (secondary N) is 2. The predicted octanol–water partition coefficient (Wildman–Crippen LogP) is 0.956. The van der Waals surface area contributed by atoms with Crippen molar-refractivity contribution in [3.8, 4) is 0 Å². The Bertz CT molecular complexity index is 897. The number of fused-ring (bicyclic) bond motifs is 1. The first-order chi connectivity index (χ1) is 15.2. The zero-order chi connectivity index (χ0) is 23.2. The Morgan fingerprint density at radius 3 is 2.56 bits per heavy atom. The van der Waals surface area contributed by atoms with Crippen LogP contribution in [-0.2, 0) is 25.7 Å². The Labute approximate surface area is 196 Å². The number of hydrogen-bond donors (Lipinski definition) is 3. The van der Waals surface area contributed by atoms with Crippen LogP contribution in [0.3, 0.4) is 0 Å². The molecule has 1 spiro atoms. The number of hydrogen-bond acceptors (Lipinski definition) is 5. The number of carbonyl (C=O) groups excluding carboxylic acids is 3. The summed E-state index contributed by atoms with van der Waals surface area (Å²) >= 11 is 3.64. The van der Waals surface area contributed by atoms with Crippen LogP contribution in [0.25, 0.3) is 0 Å². The van der Waals surface area contributed by atoms with Crippen molar-refractivity contribution in [3.05, 3.63) is 35.9 Å². The van der Waals surface area contributed by atoms with Crippen LogP contribution in [0.1, 0.15) is 32.8 Å². The smallest absolute Gasteiger partial charge is 0.246 e. The fraction of sp³-hybridized carbons (Fsp3) is 0.609. The predicted molar refractivity (Wildman–Crippen MR) is 121 cm³/mol. The van der Waals surface area contributed by atoms with Gasteiger partial charge < -0.3 is 25.4 Å². The molecular formula is C23H30BrN3O5. The average molecular weight is 508 g/mol. The molecule has 1 aromatic rings. The zero-order valence-corrected chi connectivity index (χ0v) is 20.0. The molecule has 174 valence electrons. The minimum Gasteiger partial charge on any atom is -0.394 e. The lowest BCUT2D eigenvalue weighted by atomic mass is 9.70. The maximum Gasteiger partial charge on any atom is 0.246 e. The van der Waals surface area contributed by atoms with Crippen LogP contribution in [0.2, 0.25) is 0 Å².